The van der Waals surface area contributed by atoms with Gasteiger partial charge < -0.3 is 19.8 Å². The minimum atomic E-state index is -0.00987. The van der Waals surface area contributed by atoms with Crippen LogP contribution < -0.4 is 14.8 Å². The third-order valence-electron chi connectivity index (χ3n) is 5.98. The molecule has 4 aromatic rings. The van der Waals surface area contributed by atoms with Crippen LogP contribution in [0.15, 0.2) is 47.8 Å². The van der Waals surface area contributed by atoms with Gasteiger partial charge in [0.1, 0.15) is 16.5 Å². The molecule has 0 fully saturated rings. The number of hydrogen-bond donors (Lipinski definition) is 2. The smallest absolute Gasteiger partial charge is 0.226 e. The van der Waals surface area contributed by atoms with Crippen molar-refractivity contribution in [3.8, 4) is 22.1 Å². The van der Waals surface area contributed by atoms with Crippen LogP contribution in [0.1, 0.15) is 35.8 Å². The van der Waals surface area contributed by atoms with Gasteiger partial charge in [-0.05, 0) is 67.3 Å². The summed E-state index contributed by atoms with van der Waals surface area (Å²) in [6.07, 6.45) is 3.25. The van der Waals surface area contributed by atoms with E-state index in [9.17, 15) is 4.79 Å². The summed E-state index contributed by atoms with van der Waals surface area (Å²) in [4.78, 5) is 21.0. The Morgan fingerprint density at radius 2 is 1.94 bits per heavy atom. The lowest BCUT2D eigenvalue weighted by Gasteiger charge is -2.23. The minimum Gasteiger partial charge on any atom is -0.497 e. The Morgan fingerprint density at radius 3 is 2.72 bits per heavy atom. The molecular formula is C25H25N3O3S. The lowest BCUT2D eigenvalue weighted by atomic mass is 9.91. The normalized spacial score (nSPS) is 15.4. The number of nitrogens with one attached hydrogen (secondary N) is 2. The molecule has 2 aromatic heterocycles. The van der Waals surface area contributed by atoms with Crippen molar-refractivity contribution in [1.82, 2.24) is 15.3 Å². The van der Waals surface area contributed by atoms with E-state index in [1.807, 2.05) is 41.8 Å². The Hall–Kier alpha value is -3.32. The molecule has 6 nitrogen and oxygen atoms in total. The number of ether oxygens (including phenoxy) is 2. The maximum atomic E-state index is 12.8. The van der Waals surface area contributed by atoms with Gasteiger partial charge in [0, 0.05) is 27.5 Å². The van der Waals surface area contributed by atoms with Crippen LogP contribution in [0.4, 0.5) is 0 Å². The first-order chi connectivity index (χ1) is 15.6. The standard InChI is InChI=1S/C25H25N3O3S/c1-30-17-8-6-15(7-9-17)25-26-16(14-32-25)12-23(29)27-22-5-3-4-19-20-13-18(31-2)10-11-21(20)28-24(19)22/h6-11,13-14,22,28H,3-5,12H2,1-2H3,(H,27,29). The van der Waals surface area contributed by atoms with E-state index in [2.05, 4.69) is 21.4 Å². The third-order valence-corrected chi connectivity index (χ3v) is 6.92. The van der Waals surface area contributed by atoms with E-state index in [1.54, 1.807) is 25.6 Å². The average Bonchev–Trinajstić information content (AvgIpc) is 3.44. The van der Waals surface area contributed by atoms with Gasteiger partial charge in [0.15, 0.2) is 0 Å². The number of rotatable bonds is 6. The summed E-state index contributed by atoms with van der Waals surface area (Å²) in [5, 5.41) is 7.27. The van der Waals surface area contributed by atoms with Crippen LogP contribution in [0.3, 0.4) is 0 Å². The average molecular weight is 448 g/mol. The monoisotopic (exact) mass is 447 g/mol. The van der Waals surface area contributed by atoms with E-state index >= 15 is 0 Å². The SMILES string of the molecule is COc1ccc(-c2nc(CC(=O)NC3CCCc4c3[nH]c3ccc(OC)cc43)cs2)cc1. The number of amides is 1. The molecular weight excluding hydrogens is 422 g/mol. The van der Waals surface area contributed by atoms with Crippen LogP contribution in [0, 0.1) is 0 Å². The fourth-order valence-electron chi connectivity index (χ4n) is 4.38. The van der Waals surface area contributed by atoms with Gasteiger partial charge in [0.2, 0.25) is 5.91 Å². The molecule has 2 aromatic carbocycles. The van der Waals surface area contributed by atoms with Crippen molar-refractivity contribution in [3.63, 3.8) is 0 Å². The highest BCUT2D eigenvalue weighted by atomic mass is 32.1. The zero-order valence-electron chi connectivity index (χ0n) is 18.1. The number of aryl methyl sites for hydroxylation is 1. The Balaban J connectivity index is 1.30. The van der Waals surface area contributed by atoms with Crippen LogP contribution >= 0.6 is 11.3 Å². The van der Waals surface area contributed by atoms with E-state index in [-0.39, 0.29) is 18.4 Å². The molecule has 0 saturated carbocycles. The zero-order valence-corrected chi connectivity index (χ0v) is 18.9. The molecule has 0 bridgehead atoms. The van der Waals surface area contributed by atoms with Crippen molar-refractivity contribution in [2.75, 3.05) is 14.2 Å². The molecule has 1 atom stereocenters. The van der Waals surface area contributed by atoms with Gasteiger partial charge in [-0.1, -0.05) is 0 Å². The number of thiazole rings is 1. The van der Waals surface area contributed by atoms with Crippen LogP contribution in [0.25, 0.3) is 21.5 Å². The van der Waals surface area contributed by atoms with E-state index in [0.29, 0.717) is 0 Å². The summed E-state index contributed by atoms with van der Waals surface area (Å²) in [5.41, 5.74) is 5.29. The van der Waals surface area contributed by atoms with Crippen LogP contribution in [-0.2, 0) is 17.6 Å². The second kappa shape index (κ2) is 8.67. The molecule has 5 rings (SSSR count). The summed E-state index contributed by atoms with van der Waals surface area (Å²) < 4.78 is 10.6. The molecule has 2 heterocycles. The van der Waals surface area contributed by atoms with Gasteiger partial charge in [0.25, 0.3) is 0 Å². The first-order valence-electron chi connectivity index (χ1n) is 10.7. The number of hydrogen-bond acceptors (Lipinski definition) is 5. The van der Waals surface area contributed by atoms with Gasteiger partial charge in [-0.2, -0.15) is 0 Å². The van der Waals surface area contributed by atoms with Gasteiger partial charge >= 0.3 is 0 Å². The highest BCUT2D eigenvalue weighted by Crippen LogP contribution is 2.36. The fourth-order valence-corrected chi connectivity index (χ4v) is 5.20. The Bertz CT molecular complexity index is 1260. The zero-order chi connectivity index (χ0) is 22.1. The summed E-state index contributed by atoms with van der Waals surface area (Å²) in [6, 6.07) is 13.9. The predicted molar refractivity (Wildman–Crippen MR) is 126 cm³/mol. The van der Waals surface area contributed by atoms with Crippen molar-refractivity contribution < 1.29 is 14.3 Å². The van der Waals surface area contributed by atoms with Gasteiger partial charge in [0.05, 0.1) is 32.4 Å². The third kappa shape index (κ3) is 3.96. The van der Waals surface area contributed by atoms with Crippen molar-refractivity contribution in [3.05, 3.63) is 64.8 Å². The number of H-pyrrole nitrogens is 1. The van der Waals surface area contributed by atoms with Crippen molar-refractivity contribution in [2.24, 2.45) is 0 Å². The summed E-state index contributed by atoms with van der Waals surface area (Å²) in [5.74, 6) is 1.65. The second-order valence-electron chi connectivity index (χ2n) is 7.99. The van der Waals surface area contributed by atoms with Crippen molar-refractivity contribution >= 4 is 28.1 Å². The number of carbonyl (C=O) groups excluding carboxylic acids is 1. The number of aromatic nitrogens is 2. The van der Waals surface area contributed by atoms with Gasteiger partial charge in [-0.15, -0.1) is 11.3 Å². The topological polar surface area (TPSA) is 76.2 Å². The molecule has 1 aliphatic carbocycles. The number of fused-ring (bicyclic) bond motifs is 3. The number of carbonyl (C=O) groups is 1. The maximum Gasteiger partial charge on any atom is 0.226 e. The first-order valence-corrected chi connectivity index (χ1v) is 11.6. The van der Waals surface area contributed by atoms with Crippen molar-refractivity contribution in [2.45, 2.75) is 31.7 Å². The van der Waals surface area contributed by atoms with Gasteiger partial charge in [-0.3, -0.25) is 4.79 Å². The number of benzene rings is 2. The van der Waals surface area contributed by atoms with Crippen LogP contribution in [-0.4, -0.2) is 30.1 Å². The minimum absolute atomic E-state index is 0.00864. The van der Waals surface area contributed by atoms with Crippen LogP contribution in [0.2, 0.25) is 0 Å². The molecule has 0 spiro atoms. The molecule has 1 aliphatic rings. The Kier molecular flexibility index (Phi) is 5.57. The number of nitrogens with zero attached hydrogens (tertiary/aromatic N) is 1. The Morgan fingerprint density at radius 1 is 1.16 bits per heavy atom. The molecule has 0 radical (unpaired) electrons. The molecule has 0 saturated heterocycles. The highest BCUT2D eigenvalue weighted by molar-refractivity contribution is 7.13. The highest BCUT2D eigenvalue weighted by Gasteiger charge is 2.26. The second-order valence-corrected chi connectivity index (χ2v) is 8.85. The van der Waals surface area contributed by atoms with Crippen molar-refractivity contribution in [1.29, 1.82) is 0 Å². The first kappa shape index (κ1) is 20.6. The lowest BCUT2D eigenvalue weighted by Crippen LogP contribution is -2.32. The molecule has 32 heavy (non-hydrogen) atoms. The van der Waals surface area contributed by atoms with Gasteiger partial charge in [-0.25, -0.2) is 4.98 Å². The summed E-state index contributed by atoms with van der Waals surface area (Å²) >= 11 is 1.55. The number of aromatic amines is 1. The fraction of sp³-hybridized carbons (Fsp3) is 0.280. The maximum absolute atomic E-state index is 12.8. The van der Waals surface area contributed by atoms with E-state index in [4.69, 9.17) is 9.47 Å². The molecule has 0 aliphatic heterocycles. The number of methoxy groups -OCH3 is 2. The van der Waals surface area contributed by atoms with E-state index in [1.165, 1.54) is 10.9 Å². The largest absolute Gasteiger partial charge is 0.497 e. The molecule has 1 amide bonds. The van der Waals surface area contributed by atoms with E-state index in [0.717, 1.165) is 58.2 Å². The quantitative estimate of drug-likeness (QED) is 0.434. The Labute approximate surface area is 190 Å². The van der Waals surface area contributed by atoms with E-state index < -0.39 is 0 Å². The molecule has 7 heteroatoms. The van der Waals surface area contributed by atoms with Crippen LogP contribution in [0.5, 0.6) is 11.5 Å². The summed E-state index contributed by atoms with van der Waals surface area (Å²) in [6.45, 7) is 0. The molecule has 1 unspecified atom stereocenters. The predicted octanol–water partition coefficient (Wildman–Crippen LogP) is 5.04. The molecule has 164 valence electrons. The summed E-state index contributed by atoms with van der Waals surface area (Å²) in [7, 11) is 3.33. The lowest BCUT2D eigenvalue weighted by molar-refractivity contribution is -0.121. The molecule has 2 N–H and O–H groups in total.